The standard InChI is InChI=1S/C22H16F5N5OS/c1-3-6-30-20-10-7-12(22(25,26)27)15(16(24)17(10)31-21(32-20)33-2)9-4-5-13(23)18-14(9)11(8-28)19(29)34-18/h4-5,7H,3,6,29H2,1-2H3,(H,30,31,32). The molecule has 34 heavy (non-hydrogen) atoms. The molecular weight excluding hydrogens is 477 g/mol. The van der Waals surface area contributed by atoms with Gasteiger partial charge in [0.15, 0.2) is 5.82 Å². The van der Waals surface area contributed by atoms with Crippen molar-refractivity contribution in [3.05, 3.63) is 41.0 Å². The second kappa shape index (κ2) is 8.57. The summed E-state index contributed by atoms with van der Waals surface area (Å²) in [6, 6.07) is 4.18. The van der Waals surface area contributed by atoms with E-state index < -0.39 is 34.5 Å². The van der Waals surface area contributed by atoms with E-state index in [1.54, 1.807) is 6.07 Å². The molecule has 2 aromatic heterocycles. The van der Waals surface area contributed by atoms with Crippen LogP contribution >= 0.6 is 11.3 Å². The number of nitrogen functional groups attached to an aromatic ring is 1. The Morgan fingerprint density at radius 3 is 2.59 bits per heavy atom. The van der Waals surface area contributed by atoms with Gasteiger partial charge >= 0.3 is 12.2 Å². The van der Waals surface area contributed by atoms with E-state index in [0.29, 0.717) is 24.3 Å². The lowest BCUT2D eigenvalue weighted by Crippen LogP contribution is -2.12. The zero-order valence-electron chi connectivity index (χ0n) is 17.8. The van der Waals surface area contributed by atoms with Crippen molar-refractivity contribution >= 4 is 43.1 Å². The molecule has 4 rings (SSSR count). The van der Waals surface area contributed by atoms with Crippen LogP contribution in [0.2, 0.25) is 0 Å². The maximum absolute atomic E-state index is 16.0. The molecule has 0 aliphatic carbocycles. The molecule has 0 bridgehead atoms. The number of ether oxygens (including phenoxy) is 1. The van der Waals surface area contributed by atoms with Crippen molar-refractivity contribution in [3.8, 4) is 23.2 Å². The summed E-state index contributed by atoms with van der Waals surface area (Å²) in [6.07, 6.45) is -4.37. The summed E-state index contributed by atoms with van der Waals surface area (Å²) >= 11 is 0.700. The minimum atomic E-state index is -5.00. The molecule has 0 aliphatic heterocycles. The average Bonchev–Trinajstić information content (AvgIpc) is 3.14. The van der Waals surface area contributed by atoms with Gasteiger partial charge in [-0.25, -0.2) is 8.78 Å². The number of rotatable bonds is 5. The summed E-state index contributed by atoms with van der Waals surface area (Å²) < 4.78 is 77.9. The first kappa shape index (κ1) is 23.4. The molecule has 2 heterocycles. The van der Waals surface area contributed by atoms with Gasteiger partial charge in [-0.15, -0.1) is 11.3 Å². The van der Waals surface area contributed by atoms with Gasteiger partial charge in [-0.3, -0.25) is 0 Å². The maximum Gasteiger partial charge on any atom is 0.417 e. The molecule has 3 N–H and O–H groups in total. The number of alkyl halides is 3. The Hall–Kier alpha value is -3.72. The number of nitrogens with zero attached hydrogens (tertiary/aromatic N) is 3. The van der Waals surface area contributed by atoms with Gasteiger partial charge in [-0.1, -0.05) is 13.0 Å². The highest BCUT2D eigenvalue weighted by atomic mass is 32.1. The van der Waals surface area contributed by atoms with E-state index in [1.165, 1.54) is 7.11 Å². The molecule has 0 amide bonds. The number of fused-ring (bicyclic) bond motifs is 2. The third-order valence-corrected chi connectivity index (χ3v) is 6.17. The van der Waals surface area contributed by atoms with Crippen LogP contribution in [0.15, 0.2) is 18.2 Å². The number of aromatic nitrogens is 2. The van der Waals surface area contributed by atoms with Gasteiger partial charge in [0.05, 0.1) is 22.9 Å². The Bertz CT molecular complexity index is 1480. The number of benzene rings is 2. The highest BCUT2D eigenvalue weighted by Crippen LogP contribution is 2.47. The Kier molecular flexibility index (Phi) is 5.91. The van der Waals surface area contributed by atoms with Crippen LogP contribution in [0.25, 0.3) is 32.1 Å². The lowest BCUT2D eigenvalue weighted by atomic mass is 9.92. The highest BCUT2D eigenvalue weighted by Gasteiger charge is 2.38. The van der Waals surface area contributed by atoms with Crippen molar-refractivity contribution in [2.75, 3.05) is 24.7 Å². The Morgan fingerprint density at radius 1 is 1.24 bits per heavy atom. The number of nitriles is 1. The molecule has 0 radical (unpaired) electrons. The number of anilines is 2. The third-order valence-electron chi connectivity index (χ3n) is 5.14. The smallest absolute Gasteiger partial charge is 0.417 e. The van der Waals surface area contributed by atoms with Crippen LogP contribution in [0.1, 0.15) is 24.5 Å². The number of nitrogens with one attached hydrogen (secondary N) is 1. The fourth-order valence-corrected chi connectivity index (χ4v) is 4.62. The van der Waals surface area contributed by atoms with Crippen molar-refractivity contribution in [3.63, 3.8) is 0 Å². The zero-order valence-corrected chi connectivity index (χ0v) is 18.6. The number of hydrogen-bond acceptors (Lipinski definition) is 7. The van der Waals surface area contributed by atoms with Crippen molar-refractivity contribution < 1.29 is 26.7 Å². The molecular formula is C22H16F5N5OS. The van der Waals surface area contributed by atoms with Crippen LogP contribution in [0.5, 0.6) is 6.01 Å². The summed E-state index contributed by atoms with van der Waals surface area (Å²) in [5.41, 5.74) is 2.63. The van der Waals surface area contributed by atoms with Crippen LogP contribution in [0, 0.1) is 23.0 Å². The molecule has 4 aromatic rings. The predicted molar refractivity (Wildman–Crippen MR) is 120 cm³/mol. The normalized spacial score (nSPS) is 11.7. The molecule has 0 fully saturated rings. The quantitative estimate of drug-likeness (QED) is 0.327. The molecule has 12 heteroatoms. The van der Waals surface area contributed by atoms with Gasteiger partial charge in [0, 0.05) is 22.9 Å². The Balaban J connectivity index is 2.19. The SMILES string of the molecule is CCCNc1nc(OC)nc2c(F)c(-c3ccc(F)c4sc(N)c(C#N)c34)c(C(F)(F)F)cc12. The maximum atomic E-state index is 16.0. The van der Waals surface area contributed by atoms with Crippen LogP contribution in [-0.2, 0) is 6.18 Å². The van der Waals surface area contributed by atoms with E-state index in [0.717, 1.165) is 18.2 Å². The van der Waals surface area contributed by atoms with E-state index in [4.69, 9.17) is 10.5 Å². The van der Waals surface area contributed by atoms with Crippen molar-refractivity contribution in [1.82, 2.24) is 9.97 Å². The summed E-state index contributed by atoms with van der Waals surface area (Å²) in [5.74, 6) is -2.13. The van der Waals surface area contributed by atoms with Gasteiger partial charge in [-0.2, -0.15) is 28.4 Å². The molecule has 2 aromatic carbocycles. The molecule has 0 atom stereocenters. The second-order valence-corrected chi connectivity index (χ2v) is 8.30. The van der Waals surface area contributed by atoms with Gasteiger partial charge in [0.2, 0.25) is 0 Å². The first-order valence-corrected chi connectivity index (χ1v) is 10.7. The fraction of sp³-hybridized carbons (Fsp3) is 0.227. The summed E-state index contributed by atoms with van der Waals surface area (Å²) in [4.78, 5) is 7.97. The molecule has 0 aliphatic rings. The monoisotopic (exact) mass is 493 g/mol. The summed E-state index contributed by atoms with van der Waals surface area (Å²) in [7, 11) is 1.24. The molecule has 0 unspecified atom stereocenters. The van der Waals surface area contributed by atoms with Gasteiger partial charge in [0.1, 0.15) is 28.2 Å². The first-order valence-electron chi connectivity index (χ1n) is 9.92. The van der Waals surface area contributed by atoms with Crippen LogP contribution in [0.4, 0.5) is 32.8 Å². The number of methoxy groups -OCH3 is 1. The Labute approximate surface area is 193 Å². The molecule has 0 spiro atoms. The average molecular weight is 493 g/mol. The van der Waals surface area contributed by atoms with Gasteiger partial charge < -0.3 is 15.8 Å². The van der Waals surface area contributed by atoms with E-state index >= 15 is 4.39 Å². The lowest BCUT2D eigenvalue weighted by Gasteiger charge is -2.18. The van der Waals surface area contributed by atoms with Crippen molar-refractivity contribution in [1.29, 1.82) is 5.26 Å². The molecule has 0 saturated carbocycles. The number of nitrogens with two attached hydrogens (primary N) is 1. The van der Waals surface area contributed by atoms with Crippen LogP contribution in [-0.4, -0.2) is 23.6 Å². The van der Waals surface area contributed by atoms with E-state index in [9.17, 15) is 22.8 Å². The summed E-state index contributed by atoms with van der Waals surface area (Å²) in [5, 5.41) is 11.9. The van der Waals surface area contributed by atoms with Gasteiger partial charge in [0.25, 0.3) is 0 Å². The van der Waals surface area contributed by atoms with Crippen molar-refractivity contribution in [2.45, 2.75) is 19.5 Å². The lowest BCUT2D eigenvalue weighted by molar-refractivity contribution is -0.137. The third kappa shape index (κ3) is 3.71. The largest absolute Gasteiger partial charge is 0.467 e. The molecule has 0 saturated heterocycles. The minimum Gasteiger partial charge on any atom is -0.467 e. The Morgan fingerprint density at radius 2 is 1.97 bits per heavy atom. The highest BCUT2D eigenvalue weighted by molar-refractivity contribution is 7.23. The predicted octanol–water partition coefficient (Wildman–Crippen LogP) is 6.09. The zero-order chi connectivity index (χ0) is 24.8. The molecule has 176 valence electrons. The van der Waals surface area contributed by atoms with E-state index in [2.05, 4.69) is 15.3 Å². The van der Waals surface area contributed by atoms with Crippen molar-refractivity contribution in [2.24, 2.45) is 0 Å². The number of hydrogen-bond donors (Lipinski definition) is 2. The van der Waals surface area contributed by atoms with Gasteiger partial charge in [-0.05, 0) is 24.1 Å². The second-order valence-electron chi connectivity index (χ2n) is 7.24. The summed E-state index contributed by atoms with van der Waals surface area (Å²) in [6.45, 7) is 2.20. The van der Waals surface area contributed by atoms with Crippen LogP contribution in [0.3, 0.4) is 0 Å². The topological polar surface area (TPSA) is 96.8 Å². The number of thiophene rings is 1. The molecule has 6 nitrogen and oxygen atoms in total. The fourth-order valence-electron chi connectivity index (χ4n) is 3.67. The number of halogens is 5. The van der Waals surface area contributed by atoms with E-state index in [-0.39, 0.29) is 43.4 Å². The van der Waals surface area contributed by atoms with E-state index in [1.807, 2.05) is 6.92 Å². The minimum absolute atomic E-state index is 0.0265. The first-order chi connectivity index (χ1) is 16.1. The van der Waals surface area contributed by atoms with Crippen LogP contribution < -0.4 is 15.8 Å².